The number of hydrogen-bond donors (Lipinski definition) is 6. The molecule has 10 unspecified atom stereocenters. The molecule has 9 heteroatoms. The van der Waals surface area contributed by atoms with Crippen LogP contribution >= 0.6 is 0 Å². The van der Waals surface area contributed by atoms with Gasteiger partial charge >= 0.3 is 0 Å². The molecule has 0 aromatic rings. The molecule has 2 heterocycles. The molecule has 6 N–H and O–H groups in total. The summed E-state index contributed by atoms with van der Waals surface area (Å²) < 4.78 is 16.1. The van der Waals surface area contributed by atoms with Gasteiger partial charge in [0.1, 0.15) is 42.7 Å². The Morgan fingerprint density at radius 3 is 2.00 bits per heavy atom. The molecule has 0 amide bonds. The van der Waals surface area contributed by atoms with Crippen molar-refractivity contribution in [2.24, 2.45) is 0 Å². The summed E-state index contributed by atoms with van der Waals surface area (Å²) in [5.41, 5.74) is 0. The van der Waals surface area contributed by atoms with Gasteiger partial charge in [-0.1, -0.05) is 0 Å². The minimum atomic E-state index is -1.52. The summed E-state index contributed by atoms with van der Waals surface area (Å²) in [6.45, 7) is 2.62. The molecule has 2 fully saturated rings. The molecule has 2 aliphatic heterocycles. The lowest BCUT2D eigenvalue weighted by Gasteiger charge is -2.45. The molecule has 22 heavy (non-hydrogen) atoms. The second-order valence-electron chi connectivity index (χ2n) is 5.83. The van der Waals surface area contributed by atoms with E-state index in [-0.39, 0.29) is 0 Å². The van der Waals surface area contributed by atoms with Gasteiger partial charge < -0.3 is 44.8 Å². The number of aliphatic hydroxyl groups is 6. The lowest BCUT2D eigenvalue weighted by atomic mass is 9.95. The summed E-state index contributed by atoms with van der Waals surface area (Å²) in [4.78, 5) is 0. The van der Waals surface area contributed by atoms with Gasteiger partial charge in [0.2, 0.25) is 0 Å². The zero-order valence-electron chi connectivity index (χ0n) is 12.4. The molecule has 0 saturated carbocycles. The minimum Gasteiger partial charge on any atom is -0.394 e. The minimum absolute atomic E-state index is 0.459. The van der Waals surface area contributed by atoms with Gasteiger partial charge in [-0.15, -0.1) is 0 Å². The summed E-state index contributed by atoms with van der Waals surface area (Å²) in [6.07, 6.45) is -11.7. The van der Waals surface area contributed by atoms with Gasteiger partial charge in [0, 0.05) is 0 Å². The van der Waals surface area contributed by atoms with Gasteiger partial charge in [-0.3, -0.25) is 0 Å². The Morgan fingerprint density at radius 2 is 1.41 bits per heavy atom. The van der Waals surface area contributed by atoms with E-state index >= 15 is 0 Å². The fourth-order valence-corrected chi connectivity index (χ4v) is 2.75. The zero-order valence-corrected chi connectivity index (χ0v) is 12.4. The number of rotatable bonds is 3. The lowest BCUT2D eigenvalue weighted by Crippen LogP contribution is -2.63. The van der Waals surface area contributed by atoms with Crippen LogP contribution in [0.4, 0.5) is 0 Å². The fraction of sp³-hybridized carbons (Fsp3) is 1.00. The van der Waals surface area contributed by atoms with Crippen molar-refractivity contribution in [3.8, 4) is 0 Å². The first kappa shape index (κ1) is 18.0. The Hall–Kier alpha value is -0.360. The quantitative estimate of drug-likeness (QED) is 0.314. The van der Waals surface area contributed by atoms with E-state index in [1.54, 1.807) is 6.92 Å². The molecule has 2 saturated heterocycles. The monoisotopic (exact) mass is 324 g/mol. The zero-order chi connectivity index (χ0) is 16.6. The van der Waals surface area contributed by atoms with Crippen molar-refractivity contribution >= 4 is 0 Å². The summed E-state index contributed by atoms with van der Waals surface area (Å²) in [7, 11) is 0. The second-order valence-corrected chi connectivity index (χ2v) is 5.83. The van der Waals surface area contributed by atoms with E-state index < -0.39 is 67.8 Å². The van der Waals surface area contributed by atoms with Gasteiger partial charge in [0.05, 0.1) is 18.8 Å². The van der Waals surface area contributed by atoms with Gasteiger partial charge in [0.25, 0.3) is 0 Å². The van der Waals surface area contributed by atoms with Crippen molar-refractivity contribution in [1.29, 1.82) is 0 Å². The molecule has 130 valence electrons. The molecule has 2 aliphatic rings. The SMILES string of the molecule is CC1OC(OC2C(C)OC(CO)C(O)C2O)C(O)C(O)C1O. The van der Waals surface area contributed by atoms with E-state index in [0.29, 0.717) is 0 Å². The maximum absolute atomic E-state index is 10.1. The second kappa shape index (κ2) is 7.04. The van der Waals surface area contributed by atoms with E-state index in [2.05, 4.69) is 0 Å². The lowest BCUT2D eigenvalue weighted by molar-refractivity contribution is -0.335. The number of hydrogen-bond acceptors (Lipinski definition) is 9. The third-order valence-electron chi connectivity index (χ3n) is 4.20. The first-order valence-corrected chi connectivity index (χ1v) is 7.25. The Bertz CT molecular complexity index is 367. The Morgan fingerprint density at radius 1 is 0.773 bits per heavy atom. The van der Waals surface area contributed by atoms with Crippen LogP contribution in [0.15, 0.2) is 0 Å². The highest BCUT2D eigenvalue weighted by Crippen LogP contribution is 2.28. The van der Waals surface area contributed by atoms with Crippen LogP contribution in [0.1, 0.15) is 13.8 Å². The van der Waals surface area contributed by atoms with Crippen LogP contribution in [0.2, 0.25) is 0 Å². The highest BCUT2D eigenvalue weighted by atomic mass is 16.7. The fourth-order valence-electron chi connectivity index (χ4n) is 2.75. The topological polar surface area (TPSA) is 149 Å². The Kier molecular flexibility index (Phi) is 5.75. The molecule has 10 atom stereocenters. The molecular weight excluding hydrogens is 300 g/mol. The molecule has 0 aromatic heterocycles. The Labute approximate surface area is 127 Å². The third kappa shape index (κ3) is 3.28. The first-order valence-electron chi connectivity index (χ1n) is 7.25. The Balaban J connectivity index is 2.06. The summed E-state index contributed by atoms with van der Waals surface area (Å²) in [5.74, 6) is 0. The van der Waals surface area contributed by atoms with Crippen molar-refractivity contribution < 1.29 is 44.8 Å². The third-order valence-corrected chi connectivity index (χ3v) is 4.20. The van der Waals surface area contributed by atoms with Crippen LogP contribution in [0.5, 0.6) is 0 Å². The predicted octanol–water partition coefficient (Wildman–Crippen LogP) is -3.30. The molecule has 0 aliphatic carbocycles. The average molecular weight is 324 g/mol. The highest BCUT2D eigenvalue weighted by Gasteiger charge is 2.48. The number of aliphatic hydroxyl groups excluding tert-OH is 6. The summed E-state index contributed by atoms with van der Waals surface area (Å²) in [5, 5.41) is 58.3. The van der Waals surface area contributed by atoms with E-state index in [1.807, 2.05) is 0 Å². The van der Waals surface area contributed by atoms with Crippen molar-refractivity contribution in [3.63, 3.8) is 0 Å². The molecule has 0 radical (unpaired) electrons. The van der Waals surface area contributed by atoms with Crippen molar-refractivity contribution in [3.05, 3.63) is 0 Å². The molecule has 0 spiro atoms. The maximum atomic E-state index is 10.1. The van der Waals surface area contributed by atoms with E-state index in [4.69, 9.17) is 19.3 Å². The van der Waals surface area contributed by atoms with Crippen molar-refractivity contribution in [2.75, 3.05) is 6.61 Å². The van der Waals surface area contributed by atoms with Gasteiger partial charge in [-0.2, -0.15) is 0 Å². The number of ether oxygens (including phenoxy) is 3. The average Bonchev–Trinajstić information content (AvgIpc) is 2.49. The van der Waals surface area contributed by atoms with Gasteiger partial charge in [-0.25, -0.2) is 0 Å². The van der Waals surface area contributed by atoms with E-state index in [1.165, 1.54) is 6.92 Å². The van der Waals surface area contributed by atoms with Crippen LogP contribution in [0.25, 0.3) is 0 Å². The van der Waals surface area contributed by atoms with Crippen LogP contribution in [0.3, 0.4) is 0 Å². The van der Waals surface area contributed by atoms with E-state index in [0.717, 1.165) is 0 Å². The normalized spacial score (nSPS) is 53.5. The van der Waals surface area contributed by atoms with Crippen molar-refractivity contribution in [2.45, 2.75) is 75.1 Å². The standard InChI is InChI=1S/C13H24O9/c1-4-7(15)9(17)11(19)13(21-4)22-12-5(2)20-6(3-14)8(16)10(12)18/h4-19H,3H2,1-2H3. The van der Waals surface area contributed by atoms with Gasteiger partial charge in [-0.05, 0) is 13.8 Å². The van der Waals surface area contributed by atoms with Gasteiger partial charge in [0.15, 0.2) is 6.29 Å². The maximum Gasteiger partial charge on any atom is 0.187 e. The van der Waals surface area contributed by atoms with Crippen LogP contribution < -0.4 is 0 Å². The molecule has 0 aromatic carbocycles. The molecule has 0 bridgehead atoms. The van der Waals surface area contributed by atoms with Crippen LogP contribution in [-0.4, -0.2) is 98.5 Å². The largest absolute Gasteiger partial charge is 0.394 e. The first-order chi connectivity index (χ1) is 10.3. The molecular formula is C13H24O9. The summed E-state index contributed by atoms with van der Waals surface area (Å²) in [6, 6.07) is 0. The van der Waals surface area contributed by atoms with Crippen molar-refractivity contribution in [1.82, 2.24) is 0 Å². The molecule has 2 rings (SSSR count). The van der Waals surface area contributed by atoms with E-state index in [9.17, 15) is 25.5 Å². The highest BCUT2D eigenvalue weighted by molar-refractivity contribution is 4.93. The van der Waals surface area contributed by atoms with Crippen LogP contribution in [0, 0.1) is 0 Å². The predicted molar refractivity (Wildman–Crippen MR) is 70.7 cm³/mol. The van der Waals surface area contributed by atoms with Crippen LogP contribution in [-0.2, 0) is 14.2 Å². The smallest absolute Gasteiger partial charge is 0.187 e. The summed E-state index contributed by atoms with van der Waals surface area (Å²) >= 11 is 0. The molecule has 9 nitrogen and oxygen atoms in total.